The first kappa shape index (κ1) is 28.0. The van der Waals surface area contributed by atoms with Crippen molar-refractivity contribution < 1.29 is 24.6 Å². The van der Waals surface area contributed by atoms with Crippen molar-refractivity contribution in [3.63, 3.8) is 0 Å². The Hall–Kier alpha value is -2.51. The Balaban J connectivity index is 1.29. The van der Waals surface area contributed by atoms with E-state index in [1.54, 1.807) is 44.2 Å². The molecule has 2 aliphatic carbocycles. The molecule has 0 amide bonds. The number of aliphatic hydroxyl groups is 1. The van der Waals surface area contributed by atoms with Crippen molar-refractivity contribution in [2.45, 2.75) is 44.8 Å². The molecule has 1 heterocycles. The van der Waals surface area contributed by atoms with Crippen LogP contribution in [0.25, 0.3) is 0 Å². The van der Waals surface area contributed by atoms with Crippen LogP contribution >= 0.6 is 34.8 Å². The number of rotatable bonds is 8. The smallest absolute Gasteiger partial charge is 0.310 e. The molecular weight excluding hydrogens is 561 g/mol. The topological polar surface area (TPSA) is 88.4 Å². The van der Waals surface area contributed by atoms with Crippen LogP contribution in [0.3, 0.4) is 0 Å². The molecule has 0 saturated heterocycles. The lowest BCUT2D eigenvalue weighted by atomic mass is 9.85. The van der Waals surface area contributed by atoms with E-state index in [-0.39, 0.29) is 18.4 Å². The second-order valence-electron chi connectivity index (χ2n) is 11.1. The third-order valence-corrected chi connectivity index (χ3v) is 8.68. The lowest BCUT2D eigenvalue weighted by Gasteiger charge is -2.29. The van der Waals surface area contributed by atoms with Gasteiger partial charge in [0.2, 0.25) is 0 Å². The Labute approximate surface area is 242 Å². The molecule has 39 heavy (non-hydrogen) atoms. The van der Waals surface area contributed by atoms with E-state index in [9.17, 15) is 15.0 Å². The molecule has 2 aromatic carbocycles. The van der Waals surface area contributed by atoms with Crippen molar-refractivity contribution in [1.29, 1.82) is 0 Å². The third kappa shape index (κ3) is 5.71. The maximum Gasteiger partial charge on any atom is 0.310 e. The van der Waals surface area contributed by atoms with Crippen molar-refractivity contribution in [1.82, 2.24) is 0 Å². The lowest BCUT2D eigenvalue weighted by molar-refractivity contribution is -0.141. The quantitative estimate of drug-likeness (QED) is 0.341. The van der Waals surface area contributed by atoms with Gasteiger partial charge in [0.25, 0.3) is 0 Å². The van der Waals surface area contributed by atoms with E-state index in [0.717, 1.165) is 12.0 Å². The molecular formula is C30H30Cl3NO5. The highest BCUT2D eigenvalue weighted by molar-refractivity contribution is 6.40. The first-order chi connectivity index (χ1) is 18.5. The van der Waals surface area contributed by atoms with Gasteiger partial charge in [-0.2, -0.15) is 0 Å². The van der Waals surface area contributed by atoms with E-state index in [0.29, 0.717) is 38.0 Å². The van der Waals surface area contributed by atoms with Gasteiger partial charge in [0, 0.05) is 10.6 Å². The Bertz CT molecular complexity index is 1360. The summed E-state index contributed by atoms with van der Waals surface area (Å²) in [6.07, 6.45) is 6.11. The highest BCUT2D eigenvalue weighted by Crippen LogP contribution is 2.55. The van der Waals surface area contributed by atoms with Gasteiger partial charge in [0.1, 0.15) is 18.1 Å². The number of benzene rings is 2. The zero-order valence-corrected chi connectivity index (χ0v) is 24.0. The van der Waals surface area contributed by atoms with Gasteiger partial charge in [-0.25, -0.2) is 0 Å². The fourth-order valence-corrected chi connectivity index (χ4v) is 6.46. The molecule has 6 atom stereocenters. The minimum Gasteiger partial charge on any atom is -0.493 e. The lowest BCUT2D eigenvalue weighted by Crippen LogP contribution is -2.44. The van der Waals surface area contributed by atoms with Crippen LogP contribution in [0.5, 0.6) is 5.75 Å². The van der Waals surface area contributed by atoms with Crippen molar-refractivity contribution >= 4 is 46.5 Å². The molecule has 0 aromatic heterocycles. The number of aliphatic carboxylic acids is 1. The fourth-order valence-electron chi connectivity index (χ4n) is 5.56. The molecule has 1 aliphatic heterocycles. The van der Waals surface area contributed by atoms with E-state index >= 15 is 0 Å². The van der Waals surface area contributed by atoms with Crippen LogP contribution in [-0.4, -0.2) is 40.2 Å². The van der Waals surface area contributed by atoms with Crippen LogP contribution in [0.2, 0.25) is 15.1 Å². The number of hydrogen-bond acceptors (Lipinski definition) is 5. The Morgan fingerprint density at radius 3 is 2.46 bits per heavy atom. The van der Waals surface area contributed by atoms with Gasteiger partial charge in [-0.3, -0.25) is 4.79 Å². The maximum absolute atomic E-state index is 11.4. The summed E-state index contributed by atoms with van der Waals surface area (Å²) in [7, 11) is 0. The molecule has 5 unspecified atom stereocenters. The molecule has 0 radical (unpaired) electrons. The monoisotopic (exact) mass is 589 g/mol. The van der Waals surface area contributed by atoms with Crippen LogP contribution in [-0.2, 0) is 9.63 Å². The molecule has 2 aromatic rings. The SMILES string of the molecule is CC1C=C(C2C[C@@H]2c2ccc(OCC3C(c4c(Cl)cccc4Cl)=NOC3C(C)(C)O)cc2Cl)C=CC1C(=O)O. The summed E-state index contributed by atoms with van der Waals surface area (Å²) in [6, 6.07) is 10.9. The van der Waals surface area contributed by atoms with Crippen molar-refractivity contribution in [2.24, 2.45) is 28.8 Å². The highest BCUT2D eigenvalue weighted by atomic mass is 35.5. The van der Waals surface area contributed by atoms with Crippen LogP contribution in [0, 0.1) is 23.7 Å². The number of hydrogen-bond donors (Lipinski definition) is 2. The van der Waals surface area contributed by atoms with Gasteiger partial charge in [-0.05, 0) is 73.4 Å². The predicted octanol–water partition coefficient (Wildman–Crippen LogP) is 7.15. The number of halogens is 3. The number of carboxylic acids is 1. The Kier molecular flexibility index (Phi) is 7.77. The maximum atomic E-state index is 11.4. The minimum absolute atomic E-state index is 0.0450. The number of oxime groups is 1. The molecule has 9 heteroatoms. The highest BCUT2D eigenvalue weighted by Gasteiger charge is 2.46. The van der Waals surface area contributed by atoms with Gasteiger partial charge in [-0.1, -0.05) is 77.2 Å². The average molecular weight is 591 g/mol. The summed E-state index contributed by atoms with van der Waals surface area (Å²) < 4.78 is 6.15. The minimum atomic E-state index is -1.19. The molecule has 0 spiro atoms. The van der Waals surface area contributed by atoms with E-state index < -0.39 is 29.5 Å². The van der Waals surface area contributed by atoms with Crippen LogP contribution in [0.4, 0.5) is 0 Å². The zero-order valence-electron chi connectivity index (χ0n) is 21.8. The first-order valence-corrected chi connectivity index (χ1v) is 14.0. The number of allylic oxidation sites excluding steroid dienone is 3. The summed E-state index contributed by atoms with van der Waals surface area (Å²) >= 11 is 19.6. The molecule has 2 N–H and O–H groups in total. The van der Waals surface area contributed by atoms with Crippen molar-refractivity contribution in [2.75, 3.05) is 6.61 Å². The molecule has 6 nitrogen and oxygen atoms in total. The normalized spacial score (nSPS) is 28.0. The molecule has 206 valence electrons. The average Bonchev–Trinajstić information content (AvgIpc) is 3.53. The largest absolute Gasteiger partial charge is 0.493 e. The van der Waals surface area contributed by atoms with E-state index in [2.05, 4.69) is 11.2 Å². The standard InChI is InChI=1S/C30H30Cl3NO5/c1-15-11-16(7-9-18(15)29(35)36)20-13-21(20)19-10-8-17(12-25(19)33)38-14-22-27(34-39-28(22)30(2,3)37)26-23(31)5-4-6-24(26)32/h4-12,15,18,20-22,28,37H,13-14H2,1-3H3,(H,35,36)/t15?,18?,20?,21-,22?,28?/m1/s1. The number of nitrogens with zero attached hydrogens (tertiary/aromatic N) is 1. The number of ether oxygens (including phenoxy) is 1. The summed E-state index contributed by atoms with van der Waals surface area (Å²) in [4.78, 5) is 17.0. The van der Waals surface area contributed by atoms with Crippen molar-refractivity contribution in [3.05, 3.63) is 86.4 Å². The summed E-state index contributed by atoms with van der Waals surface area (Å²) in [5, 5.41) is 25.8. The predicted molar refractivity (Wildman–Crippen MR) is 153 cm³/mol. The summed E-state index contributed by atoms with van der Waals surface area (Å²) in [6.45, 7) is 5.42. The van der Waals surface area contributed by atoms with Gasteiger partial charge >= 0.3 is 5.97 Å². The number of carboxylic acid groups (broad SMARTS) is 1. The zero-order chi connectivity index (χ0) is 28.1. The van der Waals surface area contributed by atoms with Gasteiger partial charge in [-0.15, -0.1) is 0 Å². The van der Waals surface area contributed by atoms with Crippen LogP contribution in [0.1, 0.15) is 44.2 Å². The van der Waals surface area contributed by atoms with Crippen LogP contribution < -0.4 is 4.74 Å². The second kappa shape index (κ2) is 10.8. The van der Waals surface area contributed by atoms with Gasteiger partial charge in [0.05, 0.1) is 27.5 Å². The fraction of sp³-hybridized carbons (Fsp3) is 0.400. The second-order valence-corrected chi connectivity index (χ2v) is 12.3. The number of carbonyl (C=O) groups is 1. The van der Waals surface area contributed by atoms with Gasteiger partial charge < -0.3 is 19.8 Å². The molecule has 1 fully saturated rings. The van der Waals surface area contributed by atoms with Gasteiger partial charge in [0.15, 0.2) is 6.10 Å². The Morgan fingerprint density at radius 1 is 1.13 bits per heavy atom. The van der Waals surface area contributed by atoms with E-state index in [4.69, 9.17) is 44.4 Å². The molecule has 0 bridgehead atoms. The van der Waals surface area contributed by atoms with Crippen LogP contribution in [0.15, 0.2) is 65.4 Å². The summed E-state index contributed by atoms with van der Waals surface area (Å²) in [5.74, 6) is -0.573. The summed E-state index contributed by atoms with van der Waals surface area (Å²) in [5.41, 5.74) is 2.10. The third-order valence-electron chi connectivity index (χ3n) is 7.72. The molecule has 3 aliphatic rings. The van der Waals surface area contributed by atoms with E-state index in [1.807, 2.05) is 25.1 Å². The van der Waals surface area contributed by atoms with Crippen molar-refractivity contribution in [3.8, 4) is 5.75 Å². The molecule has 1 saturated carbocycles. The van der Waals surface area contributed by atoms with E-state index in [1.165, 1.54) is 5.57 Å². The Morgan fingerprint density at radius 2 is 1.85 bits per heavy atom. The molecule has 5 rings (SSSR count). The first-order valence-electron chi connectivity index (χ1n) is 12.9.